The number of hydrogen-bond donors (Lipinski definition) is 0. The Labute approximate surface area is 153 Å². The average molecular weight is 383 g/mol. The maximum absolute atomic E-state index is 12.4. The highest BCUT2D eigenvalue weighted by molar-refractivity contribution is 5.92. The second kappa shape index (κ2) is 7.98. The number of pyridine rings is 1. The van der Waals surface area contributed by atoms with Gasteiger partial charge in [-0.25, -0.2) is 4.79 Å². The zero-order chi connectivity index (χ0) is 20.2. The van der Waals surface area contributed by atoms with Crippen molar-refractivity contribution in [3.05, 3.63) is 48.3 Å². The third kappa shape index (κ3) is 5.13. The van der Waals surface area contributed by atoms with Gasteiger partial charge < -0.3 is 18.9 Å². The van der Waals surface area contributed by atoms with Crippen molar-refractivity contribution in [2.45, 2.75) is 13.3 Å². The average Bonchev–Trinajstić information content (AvgIpc) is 2.60. The minimum atomic E-state index is -4.84. The van der Waals surface area contributed by atoms with Crippen LogP contribution in [0.25, 0.3) is 5.57 Å². The highest BCUT2D eigenvalue weighted by atomic mass is 19.4. The van der Waals surface area contributed by atoms with E-state index in [0.29, 0.717) is 11.3 Å². The van der Waals surface area contributed by atoms with Gasteiger partial charge in [-0.1, -0.05) is 6.58 Å². The Morgan fingerprint density at radius 2 is 1.81 bits per heavy atom. The van der Waals surface area contributed by atoms with Gasteiger partial charge in [0.2, 0.25) is 0 Å². The molecule has 1 aromatic heterocycles. The summed E-state index contributed by atoms with van der Waals surface area (Å²) in [6, 6.07) is 4.77. The van der Waals surface area contributed by atoms with Crippen molar-refractivity contribution in [1.82, 2.24) is 4.98 Å². The molecule has 0 amide bonds. The lowest BCUT2D eigenvalue weighted by Crippen LogP contribution is -2.17. The number of carbonyl (C=O) groups excluding carboxylic acids is 1. The van der Waals surface area contributed by atoms with Gasteiger partial charge in [0.15, 0.2) is 11.5 Å². The van der Waals surface area contributed by atoms with Crippen LogP contribution in [0.3, 0.4) is 0 Å². The van der Waals surface area contributed by atoms with Crippen LogP contribution in [0.5, 0.6) is 23.0 Å². The molecule has 0 unspecified atom stereocenters. The Balaban J connectivity index is 2.44. The number of rotatable bonds is 6. The summed E-state index contributed by atoms with van der Waals surface area (Å²) < 4.78 is 56.4. The van der Waals surface area contributed by atoms with E-state index in [9.17, 15) is 18.0 Å². The van der Waals surface area contributed by atoms with Crippen LogP contribution >= 0.6 is 0 Å². The van der Waals surface area contributed by atoms with Gasteiger partial charge in [-0.05, 0) is 24.6 Å². The lowest BCUT2D eigenvalue weighted by Gasteiger charge is -2.15. The monoisotopic (exact) mass is 383 g/mol. The summed E-state index contributed by atoms with van der Waals surface area (Å²) in [4.78, 5) is 16.0. The molecular weight excluding hydrogens is 367 g/mol. The first-order valence-electron chi connectivity index (χ1n) is 7.50. The molecule has 2 aromatic rings. The van der Waals surface area contributed by atoms with Gasteiger partial charge in [-0.15, -0.1) is 13.2 Å². The van der Waals surface area contributed by atoms with Crippen molar-refractivity contribution in [1.29, 1.82) is 0 Å². The molecule has 27 heavy (non-hydrogen) atoms. The molecule has 0 aliphatic carbocycles. The number of allylic oxidation sites excluding steroid dienone is 1. The maximum atomic E-state index is 12.4. The van der Waals surface area contributed by atoms with Gasteiger partial charge in [0, 0.05) is 18.3 Å². The van der Waals surface area contributed by atoms with E-state index in [1.807, 2.05) is 0 Å². The predicted octanol–water partition coefficient (Wildman–Crippen LogP) is 4.60. The molecule has 144 valence electrons. The van der Waals surface area contributed by atoms with Gasteiger partial charge >= 0.3 is 12.3 Å². The topological polar surface area (TPSA) is 66.9 Å². The molecule has 0 N–H and O–H groups in total. The first kappa shape index (κ1) is 20.1. The predicted molar refractivity (Wildman–Crippen MR) is 90.0 cm³/mol. The summed E-state index contributed by atoms with van der Waals surface area (Å²) in [7, 11) is 2.45. The molecule has 0 aliphatic rings. The summed E-state index contributed by atoms with van der Waals surface area (Å²) in [6.45, 7) is 5.48. The lowest BCUT2D eigenvalue weighted by molar-refractivity contribution is -0.274. The Hall–Kier alpha value is -3.23. The molecule has 1 aromatic carbocycles. The molecule has 0 saturated carbocycles. The van der Waals surface area contributed by atoms with Crippen LogP contribution in [0.4, 0.5) is 13.2 Å². The van der Waals surface area contributed by atoms with Gasteiger partial charge in [-0.3, -0.25) is 4.98 Å². The smallest absolute Gasteiger partial charge is 0.493 e. The van der Waals surface area contributed by atoms with E-state index in [0.717, 1.165) is 12.1 Å². The van der Waals surface area contributed by atoms with Crippen molar-refractivity contribution in [2.75, 3.05) is 14.2 Å². The Bertz CT molecular complexity index is 865. The minimum Gasteiger partial charge on any atom is -0.493 e. The molecular formula is C18H16F3NO5. The number of aromatic nitrogens is 1. The second-order valence-corrected chi connectivity index (χ2v) is 5.30. The number of nitrogens with zero attached hydrogens (tertiary/aromatic N) is 1. The molecule has 0 spiro atoms. The van der Waals surface area contributed by atoms with E-state index in [2.05, 4.69) is 21.0 Å². The molecule has 0 atom stereocenters. The number of halogens is 3. The van der Waals surface area contributed by atoms with Crippen molar-refractivity contribution in [3.8, 4) is 23.0 Å². The van der Waals surface area contributed by atoms with E-state index in [-0.39, 0.29) is 22.8 Å². The van der Waals surface area contributed by atoms with E-state index >= 15 is 0 Å². The van der Waals surface area contributed by atoms with Crippen molar-refractivity contribution < 1.29 is 36.9 Å². The largest absolute Gasteiger partial charge is 0.573 e. The zero-order valence-electron chi connectivity index (χ0n) is 14.7. The summed E-state index contributed by atoms with van der Waals surface area (Å²) in [5, 5.41) is 0. The summed E-state index contributed by atoms with van der Waals surface area (Å²) in [6.07, 6.45) is -3.58. The van der Waals surface area contributed by atoms with Gasteiger partial charge in [0.05, 0.1) is 19.9 Å². The van der Waals surface area contributed by atoms with Crippen LogP contribution in [0, 0.1) is 0 Å². The Morgan fingerprint density at radius 1 is 1.11 bits per heavy atom. The normalized spacial score (nSPS) is 10.9. The number of benzene rings is 1. The van der Waals surface area contributed by atoms with Crippen LogP contribution in [-0.4, -0.2) is 31.5 Å². The molecule has 0 fully saturated rings. The van der Waals surface area contributed by atoms with Gasteiger partial charge in [0.25, 0.3) is 0 Å². The number of esters is 1. The molecule has 0 bridgehead atoms. The van der Waals surface area contributed by atoms with E-state index in [1.54, 1.807) is 6.92 Å². The first-order valence-corrected chi connectivity index (χ1v) is 7.50. The maximum Gasteiger partial charge on any atom is 0.573 e. The van der Waals surface area contributed by atoms with Crippen molar-refractivity contribution >= 4 is 11.5 Å². The van der Waals surface area contributed by atoms with E-state index in [1.165, 1.54) is 32.5 Å². The SMILES string of the molecule is C=C(C)c1cc(Oc2ccc(OC(F)(F)F)cc2OC)c(C(=O)OC)cn1. The van der Waals surface area contributed by atoms with Crippen LogP contribution in [0.2, 0.25) is 0 Å². The third-order valence-corrected chi connectivity index (χ3v) is 3.30. The highest BCUT2D eigenvalue weighted by Gasteiger charge is 2.31. The number of carbonyl (C=O) groups is 1. The molecule has 1 heterocycles. The third-order valence-electron chi connectivity index (χ3n) is 3.30. The molecule has 2 rings (SSSR count). The van der Waals surface area contributed by atoms with E-state index < -0.39 is 18.1 Å². The number of hydrogen-bond acceptors (Lipinski definition) is 6. The lowest BCUT2D eigenvalue weighted by atomic mass is 10.1. The minimum absolute atomic E-state index is 0.0266. The van der Waals surface area contributed by atoms with Gasteiger partial charge in [0.1, 0.15) is 17.1 Å². The first-order chi connectivity index (χ1) is 12.6. The molecule has 9 heteroatoms. The van der Waals surface area contributed by atoms with E-state index in [4.69, 9.17) is 9.47 Å². The number of alkyl halides is 3. The van der Waals surface area contributed by atoms with Crippen LogP contribution < -0.4 is 14.2 Å². The second-order valence-electron chi connectivity index (χ2n) is 5.30. The molecule has 0 radical (unpaired) electrons. The fraction of sp³-hybridized carbons (Fsp3) is 0.222. The zero-order valence-corrected chi connectivity index (χ0v) is 14.7. The number of ether oxygens (including phenoxy) is 4. The van der Waals surface area contributed by atoms with Crippen LogP contribution in [-0.2, 0) is 4.74 Å². The Morgan fingerprint density at radius 3 is 2.37 bits per heavy atom. The standard InChI is InChI=1S/C18H16F3NO5/c1-10(2)13-8-15(12(9-22-13)17(23)25-4)26-14-6-5-11(7-16(14)24-3)27-18(19,20)21/h5-9H,1H2,2-4H3. The molecule has 0 saturated heterocycles. The fourth-order valence-corrected chi connectivity index (χ4v) is 2.07. The van der Waals surface area contributed by atoms with Crippen LogP contribution in [0.15, 0.2) is 37.0 Å². The molecule has 6 nitrogen and oxygen atoms in total. The Kier molecular flexibility index (Phi) is 5.94. The summed E-state index contributed by atoms with van der Waals surface area (Å²) >= 11 is 0. The quantitative estimate of drug-likeness (QED) is 0.679. The fourth-order valence-electron chi connectivity index (χ4n) is 2.07. The van der Waals surface area contributed by atoms with Crippen molar-refractivity contribution in [2.24, 2.45) is 0 Å². The highest BCUT2D eigenvalue weighted by Crippen LogP contribution is 2.37. The molecule has 0 aliphatic heterocycles. The number of methoxy groups -OCH3 is 2. The van der Waals surface area contributed by atoms with Crippen molar-refractivity contribution in [3.63, 3.8) is 0 Å². The van der Waals surface area contributed by atoms with Crippen LogP contribution in [0.1, 0.15) is 23.0 Å². The summed E-state index contributed by atoms with van der Waals surface area (Å²) in [5.74, 6) is -1.05. The van der Waals surface area contributed by atoms with Gasteiger partial charge in [-0.2, -0.15) is 0 Å². The summed E-state index contributed by atoms with van der Waals surface area (Å²) in [5.41, 5.74) is 1.12.